The zero-order chi connectivity index (χ0) is 14.3. The molecule has 1 unspecified atom stereocenters. The average Bonchev–Trinajstić information content (AvgIpc) is 2.36. The molecule has 0 radical (unpaired) electrons. The molecule has 1 atom stereocenters. The van der Waals surface area contributed by atoms with Gasteiger partial charge in [0, 0.05) is 29.4 Å². The first-order chi connectivity index (χ1) is 8.95. The number of aromatic nitrogens is 1. The Balaban J connectivity index is 2.45. The van der Waals surface area contributed by atoms with E-state index in [1.54, 1.807) is 12.4 Å². The third kappa shape index (κ3) is 6.07. The van der Waals surface area contributed by atoms with Gasteiger partial charge in [0.15, 0.2) is 0 Å². The molecule has 3 N–H and O–H groups in total. The van der Waals surface area contributed by atoms with Gasteiger partial charge in [-0.15, -0.1) is 11.8 Å². The Labute approximate surface area is 119 Å². The van der Waals surface area contributed by atoms with E-state index in [0.29, 0.717) is 18.2 Å². The summed E-state index contributed by atoms with van der Waals surface area (Å²) in [5.74, 6) is 0.926. The fraction of sp³-hybridized carbons (Fsp3) is 0.571. The second-order valence-corrected chi connectivity index (χ2v) is 6.43. The highest BCUT2D eigenvalue weighted by Gasteiger charge is 2.25. The summed E-state index contributed by atoms with van der Waals surface area (Å²) in [7, 11) is 0. The number of hydrogen-bond donors (Lipinski definition) is 2. The van der Waals surface area contributed by atoms with Gasteiger partial charge in [0.2, 0.25) is 5.91 Å². The van der Waals surface area contributed by atoms with Gasteiger partial charge < -0.3 is 11.1 Å². The fourth-order valence-corrected chi connectivity index (χ4v) is 2.73. The van der Waals surface area contributed by atoms with Crippen molar-refractivity contribution in [2.24, 2.45) is 11.7 Å². The number of thioether (sulfide) groups is 1. The molecule has 0 fully saturated rings. The van der Waals surface area contributed by atoms with Crippen molar-refractivity contribution in [2.45, 2.75) is 37.6 Å². The van der Waals surface area contributed by atoms with E-state index in [4.69, 9.17) is 5.73 Å². The molecule has 0 aliphatic rings. The summed E-state index contributed by atoms with van der Waals surface area (Å²) in [6, 6.07) is 3.79. The largest absolute Gasteiger partial charge is 0.349 e. The van der Waals surface area contributed by atoms with E-state index in [2.05, 4.69) is 24.1 Å². The molecule has 0 saturated carbocycles. The Kier molecular flexibility index (Phi) is 6.31. The molecule has 4 nitrogen and oxygen atoms in total. The maximum absolute atomic E-state index is 12.0. The molecule has 0 aromatic carbocycles. The molecule has 0 aliphatic carbocycles. The second-order valence-electron chi connectivity index (χ2n) is 5.38. The van der Waals surface area contributed by atoms with Crippen molar-refractivity contribution in [1.82, 2.24) is 10.3 Å². The van der Waals surface area contributed by atoms with Crippen molar-refractivity contribution >= 4 is 17.7 Å². The predicted molar refractivity (Wildman–Crippen MR) is 80.0 cm³/mol. The Bertz CT molecular complexity index is 397. The quantitative estimate of drug-likeness (QED) is 0.751. The minimum atomic E-state index is -0.315. The first kappa shape index (κ1) is 16.0. The lowest BCUT2D eigenvalue weighted by Crippen LogP contribution is -2.52. The van der Waals surface area contributed by atoms with E-state index < -0.39 is 0 Å². The van der Waals surface area contributed by atoms with E-state index in [0.717, 1.165) is 11.3 Å². The van der Waals surface area contributed by atoms with Crippen LogP contribution in [0.15, 0.2) is 29.4 Å². The van der Waals surface area contributed by atoms with Gasteiger partial charge in [0.1, 0.15) is 0 Å². The molecule has 106 valence electrons. The van der Waals surface area contributed by atoms with Crippen molar-refractivity contribution in [3.8, 4) is 0 Å². The smallest absolute Gasteiger partial charge is 0.230 e. The molecule has 19 heavy (non-hydrogen) atoms. The molecular formula is C14H23N3OS. The number of nitrogens with two attached hydrogens (primary N) is 1. The van der Waals surface area contributed by atoms with Gasteiger partial charge in [0.25, 0.3) is 0 Å². The zero-order valence-electron chi connectivity index (χ0n) is 11.8. The van der Waals surface area contributed by atoms with E-state index >= 15 is 0 Å². The summed E-state index contributed by atoms with van der Waals surface area (Å²) in [6.07, 6.45) is 4.33. The molecule has 1 heterocycles. The predicted octanol–water partition coefficient (Wildman–Crippen LogP) is 2.05. The Morgan fingerprint density at radius 3 is 2.63 bits per heavy atom. The highest BCUT2D eigenvalue weighted by Crippen LogP contribution is 2.18. The van der Waals surface area contributed by atoms with Crippen LogP contribution in [-0.2, 0) is 4.79 Å². The van der Waals surface area contributed by atoms with Crippen LogP contribution >= 0.6 is 11.8 Å². The highest BCUT2D eigenvalue weighted by molar-refractivity contribution is 8.00. The van der Waals surface area contributed by atoms with Gasteiger partial charge in [-0.05, 0) is 31.4 Å². The van der Waals surface area contributed by atoms with Crippen molar-refractivity contribution < 1.29 is 4.79 Å². The van der Waals surface area contributed by atoms with Gasteiger partial charge >= 0.3 is 0 Å². The van der Waals surface area contributed by atoms with E-state index in [9.17, 15) is 4.79 Å². The summed E-state index contributed by atoms with van der Waals surface area (Å²) in [5.41, 5.74) is 5.47. The number of pyridine rings is 1. The summed E-state index contributed by atoms with van der Waals surface area (Å²) >= 11 is 1.51. The third-order valence-electron chi connectivity index (χ3n) is 2.77. The number of rotatable bonds is 7. The average molecular weight is 281 g/mol. The van der Waals surface area contributed by atoms with Gasteiger partial charge in [-0.3, -0.25) is 9.78 Å². The molecule has 1 aromatic rings. The van der Waals surface area contributed by atoms with Gasteiger partial charge in [0.05, 0.1) is 5.75 Å². The highest BCUT2D eigenvalue weighted by atomic mass is 32.2. The van der Waals surface area contributed by atoms with Crippen molar-refractivity contribution in [3.63, 3.8) is 0 Å². The Hall–Kier alpha value is -1.07. The van der Waals surface area contributed by atoms with Crippen LogP contribution in [0.3, 0.4) is 0 Å². The third-order valence-corrected chi connectivity index (χ3v) is 3.78. The second kappa shape index (κ2) is 7.50. The first-order valence-electron chi connectivity index (χ1n) is 6.49. The Morgan fingerprint density at radius 1 is 1.47 bits per heavy atom. The molecule has 0 bridgehead atoms. The number of nitrogens with zero attached hydrogens (tertiary/aromatic N) is 1. The van der Waals surface area contributed by atoms with Crippen LogP contribution in [0.1, 0.15) is 27.2 Å². The number of carbonyl (C=O) groups excluding carboxylic acids is 1. The molecule has 0 saturated heterocycles. The van der Waals surface area contributed by atoms with Gasteiger partial charge in [-0.2, -0.15) is 0 Å². The van der Waals surface area contributed by atoms with E-state index in [-0.39, 0.29) is 11.4 Å². The van der Waals surface area contributed by atoms with Crippen LogP contribution in [0, 0.1) is 5.92 Å². The van der Waals surface area contributed by atoms with Gasteiger partial charge in [-0.25, -0.2) is 0 Å². The van der Waals surface area contributed by atoms with Crippen molar-refractivity contribution in [3.05, 3.63) is 24.5 Å². The van der Waals surface area contributed by atoms with Crippen molar-refractivity contribution in [2.75, 3.05) is 12.3 Å². The van der Waals surface area contributed by atoms with E-state index in [1.165, 1.54) is 11.8 Å². The van der Waals surface area contributed by atoms with E-state index in [1.807, 2.05) is 19.1 Å². The van der Waals surface area contributed by atoms with Crippen LogP contribution < -0.4 is 11.1 Å². The normalized spacial score (nSPS) is 14.2. The van der Waals surface area contributed by atoms with Crippen LogP contribution in [0.2, 0.25) is 0 Å². The first-order valence-corrected chi connectivity index (χ1v) is 7.47. The van der Waals surface area contributed by atoms with Crippen LogP contribution in [0.5, 0.6) is 0 Å². The summed E-state index contributed by atoms with van der Waals surface area (Å²) in [5, 5.41) is 3.04. The Morgan fingerprint density at radius 2 is 2.11 bits per heavy atom. The fourth-order valence-electron chi connectivity index (χ4n) is 2.04. The molecule has 0 spiro atoms. The van der Waals surface area contributed by atoms with Crippen LogP contribution in [-0.4, -0.2) is 28.7 Å². The minimum absolute atomic E-state index is 0.0235. The minimum Gasteiger partial charge on any atom is -0.349 e. The number of carbonyl (C=O) groups is 1. The molecular weight excluding hydrogens is 258 g/mol. The maximum atomic E-state index is 12.0. The molecule has 1 rings (SSSR count). The monoisotopic (exact) mass is 281 g/mol. The molecule has 1 amide bonds. The SMILES string of the molecule is CC(C)CC(C)(CN)NC(=O)CSc1ccncc1. The summed E-state index contributed by atoms with van der Waals surface area (Å²) < 4.78 is 0. The number of amides is 1. The lowest BCUT2D eigenvalue weighted by Gasteiger charge is -2.31. The molecule has 1 aromatic heterocycles. The summed E-state index contributed by atoms with van der Waals surface area (Å²) in [6.45, 7) is 6.72. The van der Waals surface area contributed by atoms with Crippen LogP contribution in [0.25, 0.3) is 0 Å². The summed E-state index contributed by atoms with van der Waals surface area (Å²) in [4.78, 5) is 17.0. The maximum Gasteiger partial charge on any atom is 0.230 e. The number of hydrogen-bond acceptors (Lipinski definition) is 4. The molecule has 5 heteroatoms. The van der Waals surface area contributed by atoms with Crippen LogP contribution in [0.4, 0.5) is 0 Å². The van der Waals surface area contributed by atoms with Gasteiger partial charge in [-0.1, -0.05) is 13.8 Å². The topological polar surface area (TPSA) is 68.0 Å². The zero-order valence-corrected chi connectivity index (χ0v) is 12.7. The lowest BCUT2D eigenvalue weighted by atomic mass is 9.91. The van der Waals surface area contributed by atoms with Crippen molar-refractivity contribution in [1.29, 1.82) is 0 Å². The number of nitrogens with one attached hydrogen (secondary N) is 1. The lowest BCUT2D eigenvalue weighted by molar-refractivity contribution is -0.120. The molecule has 0 aliphatic heterocycles. The standard InChI is InChI=1S/C14H23N3OS/c1-11(2)8-14(3,10-15)17-13(18)9-19-12-4-6-16-7-5-12/h4-7,11H,8-10,15H2,1-3H3,(H,17,18).